The van der Waals surface area contributed by atoms with E-state index in [2.05, 4.69) is 11.1 Å². The number of carbonyl (C=O) groups is 1. The van der Waals surface area contributed by atoms with Crippen LogP contribution in [0.4, 0.5) is 0 Å². The Morgan fingerprint density at radius 1 is 1.22 bits per heavy atom. The first-order valence-corrected chi connectivity index (χ1v) is 11.8. The summed E-state index contributed by atoms with van der Waals surface area (Å²) in [6.45, 7) is 2.78. The second kappa shape index (κ2) is 9.87. The van der Waals surface area contributed by atoms with E-state index in [1.54, 1.807) is 29.0 Å². The molecule has 1 amide bonds. The van der Waals surface area contributed by atoms with Gasteiger partial charge in [-0.3, -0.25) is 14.0 Å². The molecule has 4 aromatic rings. The Bertz CT molecular complexity index is 1710. The van der Waals surface area contributed by atoms with Crippen molar-refractivity contribution < 1.29 is 19.0 Å². The highest BCUT2D eigenvalue weighted by Crippen LogP contribution is 2.27. The fraction of sp³-hybridized carbons (Fsp3) is 0.296. The summed E-state index contributed by atoms with van der Waals surface area (Å²) < 4.78 is 19.5. The molecule has 0 aliphatic carbocycles. The second-order valence-electron chi connectivity index (χ2n) is 8.76. The van der Waals surface area contributed by atoms with Crippen molar-refractivity contribution in [3.05, 3.63) is 75.1 Å². The second-order valence-corrected chi connectivity index (χ2v) is 8.76. The molecule has 188 valence electrons. The van der Waals surface area contributed by atoms with E-state index in [0.717, 1.165) is 18.4 Å². The van der Waals surface area contributed by atoms with Crippen LogP contribution in [0.15, 0.2) is 52.4 Å². The summed E-state index contributed by atoms with van der Waals surface area (Å²) in [5.74, 6) is 0.279. The predicted molar refractivity (Wildman–Crippen MR) is 135 cm³/mol. The summed E-state index contributed by atoms with van der Waals surface area (Å²) in [5.41, 5.74) is 1.80. The van der Waals surface area contributed by atoms with Gasteiger partial charge in [-0.2, -0.15) is 10.3 Å². The number of pyridine rings is 2. The quantitative estimate of drug-likeness (QED) is 0.387. The molecule has 1 saturated heterocycles. The third-order valence-electron chi connectivity index (χ3n) is 6.47. The largest absolute Gasteiger partial charge is 0.493 e. The van der Waals surface area contributed by atoms with Crippen LogP contribution < -0.4 is 20.5 Å². The number of methoxy groups -OCH3 is 2. The fourth-order valence-corrected chi connectivity index (χ4v) is 4.58. The number of amides is 1. The van der Waals surface area contributed by atoms with E-state index in [9.17, 15) is 14.9 Å². The summed E-state index contributed by atoms with van der Waals surface area (Å²) in [6.07, 6.45) is 3.19. The lowest BCUT2D eigenvalue weighted by molar-refractivity contribution is 0.0952. The number of fused-ring (bicyclic) bond motifs is 2. The normalized spacial score (nSPS) is 15.7. The number of aromatic nitrogens is 3. The first kappa shape index (κ1) is 24.2. The van der Waals surface area contributed by atoms with E-state index in [4.69, 9.17) is 19.2 Å². The highest BCUT2D eigenvalue weighted by Gasteiger charge is 2.22. The molecule has 10 nitrogen and oxygen atoms in total. The number of nitrogens with zero attached hydrogens (tertiary/aromatic N) is 5. The van der Waals surface area contributed by atoms with Crippen LogP contribution in [0.1, 0.15) is 34.3 Å². The monoisotopic (exact) mass is 499 g/mol. The van der Waals surface area contributed by atoms with Gasteiger partial charge in [-0.1, -0.05) is 6.07 Å². The Kier molecular flexibility index (Phi) is 6.46. The van der Waals surface area contributed by atoms with Gasteiger partial charge in [-0.05, 0) is 55.7 Å². The maximum atomic E-state index is 13.4. The minimum atomic E-state index is -0.577. The van der Waals surface area contributed by atoms with E-state index in [0.29, 0.717) is 35.9 Å². The molecule has 3 aromatic heterocycles. The molecular weight excluding hydrogens is 474 g/mol. The zero-order chi connectivity index (χ0) is 26.1. The molecule has 4 heterocycles. The molecule has 1 aliphatic rings. The SMILES string of the molecule is COc1ccc(C(=O)N=c2c(C#N)cc3c(=O)n4cccc(C)c4nc3n2C[C@H]2CCCO2)cc1OC. The first-order valence-electron chi connectivity index (χ1n) is 11.8. The molecule has 0 bridgehead atoms. The van der Waals surface area contributed by atoms with Crippen molar-refractivity contribution in [1.29, 1.82) is 5.26 Å². The van der Waals surface area contributed by atoms with E-state index in [1.807, 2.05) is 13.0 Å². The summed E-state index contributed by atoms with van der Waals surface area (Å²) in [7, 11) is 2.99. The van der Waals surface area contributed by atoms with Crippen molar-refractivity contribution in [2.24, 2.45) is 4.99 Å². The van der Waals surface area contributed by atoms with E-state index < -0.39 is 5.91 Å². The van der Waals surface area contributed by atoms with Gasteiger partial charge >= 0.3 is 0 Å². The lowest BCUT2D eigenvalue weighted by atomic mass is 10.1. The number of carbonyl (C=O) groups excluding carboxylic acids is 1. The average molecular weight is 500 g/mol. The number of ether oxygens (including phenoxy) is 3. The van der Waals surface area contributed by atoms with Gasteiger partial charge in [0.15, 0.2) is 17.0 Å². The van der Waals surface area contributed by atoms with Crippen molar-refractivity contribution in [3.8, 4) is 17.6 Å². The van der Waals surface area contributed by atoms with Crippen LogP contribution in [0.3, 0.4) is 0 Å². The standard InChI is InChI=1S/C27H25N5O5/c1-16-6-4-10-31-23(16)29-25-20(27(31)34)12-18(14-28)24(32(25)15-19-7-5-11-37-19)30-26(33)17-8-9-21(35-2)22(13-17)36-3/h4,6,8-10,12-13,19H,5,7,11,15H2,1-3H3/t19-/m1/s1. The van der Waals surface area contributed by atoms with Gasteiger partial charge in [0.1, 0.15) is 17.4 Å². The van der Waals surface area contributed by atoms with Crippen LogP contribution in [-0.4, -0.2) is 46.8 Å². The Balaban J connectivity index is 1.80. The Hall–Kier alpha value is -4.49. The minimum absolute atomic E-state index is 0.0887. The first-order chi connectivity index (χ1) is 17.9. The molecule has 0 N–H and O–H groups in total. The van der Waals surface area contributed by atoms with Crippen LogP contribution in [0.2, 0.25) is 0 Å². The van der Waals surface area contributed by atoms with Crippen molar-refractivity contribution in [2.75, 3.05) is 20.8 Å². The molecular formula is C27H25N5O5. The van der Waals surface area contributed by atoms with Crippen molar-refractivity contribution in [1.82, 2.24) is 14.0 Å². The van der Waals surface area contributed by atoms with Gasteiger partial charge in [0, 0.05) is 18.4 Å². The average Bonchev–Trinajstić information content (AvgIpc) is 3.43. The van der Waals surface area contributed by atoms with Gasteiger partial charge in [0.2, 0.25) is 0 Å². The number of hydrogen-bond donors (Lipinski definition) is 0. The van der Waals surface area contributed by atoms with Gasteiger partial charge < -0.3 is 18.8 Å². The maximum absolute atomic E-state index is 13.4. The van der Waals surface area contributed by atoms with Crippen LogP contribution in [0.5, 0.6) is 11.5 Å². The lowest BCUT2D eigenvalue weighted by Gasteiger charge is -2.17. The molecule has 0 saturated carbocycles. The number of rotatable bonds is 5. The van der Waals surface area contributed by atoms with E-state index >= 15 is 0 Å². The maximum Gasteiger partial charge on any atom is 0.279 e. The Morgan fingerprint density at radius 2 is 2.03 bits per heavy atom. The fourth-order valence-electron chi connectivity index (χ4n) is 4.58. The van der Waals surface area contributed by atoms with Crippen molar-refractivity contribution in [2.45, 2.75) is 32.4 Å². The smallest absolute Gasteiger partial charge is 0.279 e. The molecule has 0 radical (unpaired) electrons. The van der Waals surface area contributed by atoms with E-state index in [-0.39, 0.29) is 33.7 Å². The van der Waals surface area contributed by atoms with Gasteiger partial charge in [0.25, 0.3) is 11.5 Å². The predicted octanol–water partition coefficient (Wildman–Crippen LogP) is 2.77. The Labute approximate surface area is 212 Å². The number of aryl methyl sites for hydroxylation is 1. The van der Waals surface area contributed by atoms with Crippen molar-refractivity contribution >= 4 is 22.6 Å². The lowest BCUT2D eigenvalue weighted by Crippen LogP contribution is -2.33. The highest BCUT2D eigenvalue weighted by molar-refractivity contribution is 5.95. The third kappa shape index (κ3) is 4.34. The summed E-state index contributed by atoms with van der Waals surface area (Å²) in [6, 6.07) is 11.9. The van der Waals surface area contributed by atoms with Crippen LogP contribution >= 0.6 is 0 Å². The van der Waals surface area contributed by atoms with Crippen LogP contribution in [-0.2, 0) is 11.3 Å². The molecule has 0 spiro atoms. The molecule has 1 aromatic carbocycles. The number of hydrogen-bond acceptors (Lipinski definition) is 7. The van der Waals surface area contributed by atoms with Gasteiger partial charge in [0.05, 0.1) is 37.8 Å². The topological polar surface area (TPSA) is 120 Å². The molecule has 37 heavy (non-hydrogen) atoms. The summed E-state index contributed by atoms with van der Waals surface area (Å²) in [4.78, 5) is 35.9. The molecule has 1 atom stereocenters. The zero-order valence-corrected chi connectivity index (χ0v) is 20.7. The molecule has 10 heteroatoms. The number of nitriles is 1. The Morgan fingerprint density at radius 3 is 2.73 bits per heavy atom. The molecule has 0 unspecified atom stereocenters. The third-order valence-corrected chi connectivity index (χ3v) is 6.47. The summed E-state index contributed by atoms with van der Waals surface area (Å²) in [5, 5.41) is 10.3. The minimum Gasteiger partial charge on any atom is -0.493 e. The van der Waals surface area contributed by atoms with Gasteiger partial charge in [-0.25, -0.2) is 4.98 Å². The van der Waals surface area contributed by atoms with Crippen molar-refractivity contribution in [3.63, 3.8) is 0 Å². The zero-order valence-electron chi connectivity index (χ0n) is 20.7. The van der Waals surface area contributed by atoms with E-state index in [1.165, 1.54) is 30.8 Å². The number of benzene rings is 1. The molecule has 1 aliphatic heterocycles. The molecule has 5 rings (SSSR count). The molecule has 1 fully saturated rings. The summed E-state index contributed by atoms with van der Waals surface area (Å²) >= 11 is 0. The van der Waals surface area contributed by atoms with Gasteiger partial charge in [-0.15, -0.1) is 0 Å². The van der Waals surface area contributed by atoms with Crippen LogP contribution in [0, 0.1) is 18.3 Å². The van der Waals surface area contributed by atoms with Crippen LogP contribution in [0.25, 0.3) is 16.7 Å². The highest BCUT2D eigenvalue weighted by atomic mass is 16.5.